The highest BCUT2D eigenvalue weighted by Crippen LogP contribution is 2.45. The Bertz CT molecular complexity index is 1790. The number of nitrogens with two attached hydrogens (primary N) is 1. The first-order valence-corrected chi connectivity index (χ1v) is 12.5. The molecule has 3 heterocycles. The smallest absolute Gasteiger partial charge is 0.366 e. The lowest BCUT2D eigenvalue weighted by Crippen LogP contribution is -2.21. The zero-order valence-electron chi connectivity index (χ0n) is 20.6. The van der Waals surface area contributed by atoms with Crippen LogP contribution in [0.15, 0.2) is 65.7 Å². The highest BCUT2D eigenvalue weighted by atomic mass is 32.1. The quantitative estimate of drug-likeness (QED) is 0.318. The summed E-state index contributed by atoms with van der Waals surface area (Å²) in [5.41, 5.74) is 6.74. The number of carbonyl (C=O) groups is 2. The van der Waals surface area contributed by atoms with Crippen molar-refractivity contribution in [1.29, 1.82) is 0 Å². The van der Waals surface area contributed by atoms with Gasteiger partial charge in [0.15, 0.2) is 0 Å². The van der Waals surface area contributed by atoms with Crippen molar-refractivity contribution in [2.75, 3.05) is 5.32 Å². The molecule has 0 aliphatic rings. The van der Waals surface area contributed by atoms with Crippen molar-refractivity contribution in [1.82, 2.24) is 18.9 Å². The number of hydrogen-bond donors (Lipinski definition) is 2. The largest absolute Gasteiger partial charge is 0.426 e. The Morgan fingerprint density at radius 2 is 1.82 bits per heavy atom. The first kappa shape index (κ1) is 26.0. The van der Waals surface area contributed by atoms with Gasteiger partial charge < -0.3 is 15.6 Å². The van der Waals surface area contributed by atoms with Crippen LogP contribution in [-0.2, 0) is 19.8 Å². The summed E-state index contributed by atoms with van der Waals surface area (Å²) in [6.45, 7) is 2.06. The van der Waals surface area contributed by atoms with Crippen LogP contribution in [0.2, 0.25) is 0 Å². The number of aromatic nitrogens is 4. The van der Waals surface area contributed by atoms with E-state index in [-0.39, 0.29) is 29.0 Å². The first-order valence-electron chi connectivity index (χ1n) is 11.7. The van der Waals surface area contributed by atoms with Crippen molar-refractivity contribution in [2.24, 2.45) is 12.8 Å². The van der Waals surface area contributed by atoms with Gasteiger partial charge in [-0.1, -0.05) is 18.2 Å². The molecule has 0 aliphatic heterocycles. The lowest BCUT2D eigenvalue weighted by Gasteiger charge is -2.13. The summed E-state index contributed by atoms with van der Waals surface area (Å²) in [6, 6.07) is 14.2. The number of halogens is 3. The molecule has 13 heteroatoms. The fraction of sp³-hybridized carbons (Fsp3) is 0.154. The van der Waals surface area contributed by atoms with E-state index in [4.69, 9.17) is 5.73 Å². The second-order valence-electron chi connectivity index (χ2n) is 8.64. The van der Waals surface area contributed by atoms with Crippen LogP contribution in [0.3, 0.4) is 0 Å². The number of primary amides is 1. The third kappa shape index (κ3) is 4.61. The van der Waals surface area contributed by atoms with Gasteiger partial charge >= 0.3 is 11.9 Å². The Morgan fingerprint density at radius 1 is 1.10 bits per heavy atom. The summed E-state index contributed by atoms with van der Waals surface area (Å²) >= 11 is 0.490. The third-order valence-electron chi connectivity index (χ3n) is 6.21. The number of benzene rings is 2. The van der Waals surface area contributed by atoms with Gasteiger partial charge in [-0.2, -0.15) is 18.3 Å². The maximum absolute atomic E-state index is 14.1. The topological polar surface area (TPSA) is 117 Å². The molecule has 200 valence electrons. The lowest BCUT2D eigenvalue weighted by atomic mass is 10.1. The van der Waals surface area contributed by atoms with Crippen LogP contribution in [0.1, 0.15) is 32.5 Å². The van der Waals surface area contributed by atoms with E-state index in [0.717, 1.165) is 0 Å². The predicted molar refractivity (Wildman–Crippen MR) is 141 cm³/mol. The van der Waals surface area contributed by atoms with Gasteiger partial charge in [-0.25, -0.2) is 14.0 Å². The monoisotopic (exact) mass is 554 g/mol. The zero-order valence-corrected chi connectivity index (χ0v) is 21.4. The molecule has 5 aromatic rings. The molecule has 3 N–H and O–H groups in total. The van der Waals surface area contributed by atoms with Gasteiger partial charge in [-0.15, -0.1) is 11.3 Å². The van der Waals surface area contributed by atoms with Gasteiger partial charge in [0.2, 0.25) is 5.91 Å². The summed E-state index contributed by atoms with van der Waals surface area (Å²) in [4.78, 5) is 36.0. The number of nitrogens with zero attached hydrogens (tertiary/aromatic N) is 4. The molecule has 0 radical (unpaired) electrons. The second kappa shape index (κ2) is 9.58. The number of hydrogen-bond acceptors (Lipinski definition) is 5. The predicted octanol–water partition coefficient (Wildman–Crippen LogP) is 4.64. The van der Waals surface area contributed by atoms with E-state index in [1.807, 2.05) is 0 Å². The minimum absolute atomic E-state index is 0.107. The summed E-state index contributed by atoms with van der Waals surface area (Å²) < 4.78 is 46.7. The normalized spacial score (nSPS) is 11.7. The molecule has 0 fully saturated rings. The number of amides is 2. The molecule has 0 bridgehead atoms. The number of thiophene rings is 1. The Balaban J connectivity index is 1.60. The van der Waals surface area contributed by atoms with Crippen LogP contribution in [0.4, 0.5) is 18.9 Å². The Labute approximate surface area is 222 Å². The molecule has 0 saturated heterocycles. The number of alkyl halides is 3. The van der Waals surface area contributed by atoms with E-state index < -0.39 is 28.4 Å². The molecule has 3 aromatic heterocycles. The summed E-state index contributed by atoms with van der Waals surface area (Å²) in [5.74, 6) is -1.69. The fourth-order valence-electron chi connectivity index (χ4n) is 4.40. The molecule has 0 atom stereocenters. The molecule has 2 aromatic carbocycles. The average Bonchev–Trinajstić information content (AvgIpc) is 3.55. The van der Waals surface area contributed by atoms with Gasteiger partial charge in [0, 0.05) is 30.5 Å². The summed E-state index contributed by atoms with van der Waals surface area (Å²) in [6.07, 6.45) is -3.37. The van der Waals surface area contributed by atoms with Crippen LogP contribution >= 0.6 is 11.3 Å². The maximum atomic E-state index is 14.1. The Kier molecular flexibility index (Phi) is 6.38. The Hall–Kier alpha value is -4.65. The summed E-state index contributed by atoms with van der Waals surface area (Å²) in [7, 11) is 1.53. The van der Waals surface area contributed by atoms with Gasteiger partial charge in [-0.3, -0.25) is 9.59 Å². The zero-order chi connectivity index (χ0) is 28.1. The van der Waals surface area contributed by atoms with Crippen LogP contribution < -0.4 is 16.7 Å². The van der Waals surface area contributed by atoms with E-state index >= 15 is 0 Å². The van der Waals surface area contributed by atoms with E-state index in [2.05, 4.69) is 10.4 Å². The third-order valence-corrected chi connectivity index (χ3v) is 7.38. The maximum Gasteiger partial charge on any atom is 0.426 e. The average molecular weight is 555 g/mol. The molecule has 0 spiro atoms. The molecular formula is C26H21F3N6O3S. The molecule has 0 aliphatic carbocycles. The molecule has 0 unspecified atom stereocenters. The summed E-state index contributed by atoms with van der Waals surface area (Å²) in [5, 5.41) is 6.42. The van der Waals surface area contributed by atoms with Crippen molar-refractivity contribution in [3.8, 4) is 16.9 Å². The van der Waals surface area contributed by atoms with Gasteiger partial charge in [0.25, 0.3) is 5.91 Å². The fourth-order valence-corrected chi connectivity index (χ4v) is 5.51. The Morgan fingerprint density at radius 3 is 2.41 bits per heavy atom. The van der Waals surface area contributed by atoms with Crippen molar-refractivity contribution in [2.45, 2.75) is 19.6 Å². The van der Waals surface area contributed by atoms with E-state index in [1.54, 1.807) is 41.8 Å². The minimum Gasteiger partial charge on any atom is -0.366 e. The van der Waals surface area contributed by atoms with Gasteiger partial charge in [0.05, 0.1) is 21.5 Å². The molecule has 2 amide bonds. The minimum atomic E-state index is -4.76. The van der Waals surface area contributed by atoms with E-state index in [9.17, 15) is 27.6 Å². The molecular weight excluding hydrogens is 533 g/mol. The van der Waals surface area contributed by atoms with Crippen LogP contribution in [0.5, 0.6) is 0 Å². The van der Waals surface area contributed by atoms with E-state index in [1.165, 1.54) is 46.9 Å². The van der Waals surface area contributed by atoms with Gasteiger partial charge in [0.1, 0.15) is 11.2 Å². The van der Waals surface area contributed by atoms with Crippen LogP contribution in [-0.4, -0.2) is 30.7 Å². The number of nitrogens with one attached hydrogen (secondary N) is 1. The standard InChI is InChI=1S/C26H21F3N6O3S/c1-3-34-18(14-7-9-17(10-8-14)35-13-31-33(2)25(35)38)12-19-21(34)20(22(39-19)26(27,28)29)24(37)32-16-6-4-5-15(11-16)23(30)36/h4-13H,3H2,1-2H3,(H2,30,36)(H,32,37). The number of aryl methyl sites for hydroxylation is 2. The number of carbonyl (C=O) groups excluding carboxylic acids is 2. The number of anilines is 1. The van der Waals surface area contributed by atoms with Crippen LogP contribution in [0, 0.1) is 0 Å². The van der Waals surface area contributed by atoms with Crippen molar-refractivity contribution < 1.29 is 22.8 Å². The number of fused-ring (bicyclic) bond motifs is 1. The van der Waals surface area contributed by atoms with Gasteiger partial charge in [-0.05, 0) is 48.9 Å². The molecule has 5 rings (SSSR count). The van der Waals surface area contributed by atoms with Crippen LogP contribution in [0.25, 0.3) is 27.2 Å². The van der Waals surface area contributed by atoms with Crippen molar-refractivity contribution in [3.63, 3.8) is 0 Å². The number of rotatable bonds is 6. The van der Waals surface area contributed by atoms with E-state index in [0.29, 0.717) is 33.0 Å². The lowest BCUT2D eigenvalue weighted by molar-refractivity contribution is -0.134. The molecule has 39 heavy (non-hydrogen) atoms. The van der Waals surface area contributed by atoms with Crippen molar-refractivity contribution in [3.05, 3.63) is 87.4 Å². The highest BCUT2D eigenvalue weighted by molar-refractivity contribution is 7.19. The SMILES string of the molecule is CCn1c(-c2ccc(-n3cnn(C)c3=O)cc2)cc2sc(C(F)(F)F)c(C(=O)Nc3cccc(C(N)=O)c3)c21. The highest BCUT2D eigenvalue weighted by Gasteiger charge is 2.40. The van der Waals surface area contributed by atoms with Crippen molar-refractivity contribution >= 4 is 39.1 Å². The molecule has 0 saturated carbocycles. The first-order chi connectivity index (χ1) is 18.5. The molecule has 9 nitrogen and oxygen atoms in total. The second-order valence-corrected chi connectivity index (χ2v) is 9.70.